The summed E-state index contributed by atoms with van der Waals surface area (Å²) in [5.41, 5.74) is -0.385. The molecule has 80 valence electrons. The van der Waals surface area contributed by atoms with E-state index in [9.17, 15) is 14.7 Å². The summed E-state index contributed by atoms with van der Waals surface area (Å²) in [4.78, 5) is 23.7. The van der Waals surface area contributed by atoms with Crippen LogP contribution in [0.5, 0.6) is 5.75 Å². The number of carbonyl (C=O) groups is 2. The maximum Gasteiger partial charge on any atom is 0.340 e. The van der Waals surface area contributed by atoms with Crippen molar-refractivity contribution in [2.45, 2.75) is 0 Å². The van der Waals surface area contributed by atoms with Crippen molar-refractivity contribution in [2.75, 3.05) is 14.1 Å². The van der Waals surface area contributed by atoms with E-state index in [-0.39, 0.29) is 11.1 Å². The van der Waals surface area contributed by atoms with Crippen LogP contribution in [0.4, 0.5) is 0 Å². The monoisotopic (exact) mass is 209 g/mol. The average molecular weight is 209 g/mol. The number of rotatable bonds is 2. The van der Waals surface area contributed by atoms with Crippen molar-refractivity contribution in [3.05, 3.63) is 29.3 Å². The molecule has 5 nitrogen and oxygen atoms in total. The molecule has 0 aliphatic heterocycles. The minimum Gasteiger partial charge on any atom is -0.507 e. The van der Waals surface area contributed by atoms with Crippen molar-refractivity contribution in [3.63, 3.8) is 0 Å². The molecule has 0 saturated heterocycles. The third kappa shape index (κ3) is 2.07. The predicted molar refractivity (Wildman–Crippen MR) is 53.1 cm³/mol. The van der Waals surface area contributed by atoms with Gasteiger partial charge < -0.3 is 15.1 Å². The molecule has 0 aliphatic carbocycles. The number of carboxylic acid groups (broad SMARTS) is 1. The minimum atomic E-state index is -1.32. The SMILES string of the molecule is CN(C)C(=O)c1cccc(O)c1C(=O)O. The first kappa shape index (κ1) is 11.0. The smallest absolute Gasteiger partial charge is 0.340 e. The molecular weight excluding hydrogens is 198 g/mol. The highest BCUT2D eigenvalue weighted by Crippen LogP contribution is 2.21. The summed E-state index contributed by atoms with van der Waals surface area (Å²) in [7, 11) is 3.02. The summed E-state index contributed by atoms with van der Waals surface area (Å²) in [6.45, 7) is 0. The summed E-state index contributed by atoms with van der Waals surface area (Å²) in [5.74, 6) is -2.18. The second kappa shape index (κ2) is 4.00. The van der Waals surface area contributed by atoms with Gasteiger partial charge in [0.25, 0.3) is 5.91 Å². The topological polar surface area (TPSA) is 77.8 Å². The molecule has 0 bridgehead atoms. The lowest BCUT2D eigenvalue weighted by atomic mass is 10.1. The van der Waals surface area contributed by atoms with Crippen LogP contribution in [0.1, 0.15) is 20.7 Å². The van der Waals surface area contributed by atoms with Gasteiger partial charge in [-0.15, -0.1) is 0 Å². The van der Waals surface area contributed by atoms with Crippen LogP contribution < -0.4 is 0 Å². The van der Waals surface area contributed by atoms with Crippen LogP contribution in [0.25, 0.3) is 0 Å². The largest absolute Gasteiger partial charge is 0.507 e. The fourth-order valence-electron chi connectivity index (χ4n) is 1.18. The van der Waals surface area contributed by atoms with Gasteiger partial charge in [0.15, 0.2) is 0 Å². The molecule has 0 spiro atoms. The maximum atomic E-state index is 11.6. The number of aromatic carboxylic acids is 1. The van der Waals surface area contributed by atoms with Crippen molar-refractivity contribution in [1.82, 2.24) is 4.90 Å². The summed E-state index contributed by atoms with van der Waals surface area (Å²) in [5, 5.41) is 18.2. The van der Waals surface area contributed by atoms with Crippen LogP contribution in [-0.2, 0) is 0 Å². The Kier molecular flexibility index (Phi) is 2.94. The summed E-state index contributed by atoms with van der Waals surface area (Å²) < 4.78 is 0. The summed E-state index contributed by atoms with van der Waals surface area (Å²) in [6, 6.07) is 4.03. The van der Waals surface area contributed by atoms with Crippen molar-refractivity contribution >= 4 is 11.9 Å². The van der Waals surface area contributed by atoms with E-state index in [0.29, 0.717) is 0 Å². The lowest BCUT2D eigenvalue weighted by Gasteiger charge is -2.12. The fraction of sp³-hybridized carbons (Fsp3) is 0.200. The van der Waals surface area contributed by atoms with Gasteiger partial charge in [-0.1, -0.05) is 6.07 Å². The number of aromatic hydroxyl groups is 1. The first-order valence-corrected chi connectivity index (χ1v) is 4.22. The van der Waals surface area contributed by atoms with Crippen molar-refractivity contribution < 1.29 is 19.8 Å². The molecule has 0 saturated carbocycles. The molecule has 0 radical (unpaired) electrons. The number of phenols is 1. The molecule has 0 atom stereocenters. The molecule has 15 heavy (non-hydrogen) atoms. The van der Waals surface area contributed by atoms with Crippen LogP contribution in [-0.4, -0.2) is 41.1 Å². The van der Waals surface area contributed by atoms with Gasteiger partial charge >= 0.3 is 5.97 Å². The van der Waals surface area contributed by atoms with Gasteiger partial charge in [0, 0.05) is 14.1 Å². The zero-order valence-electron chi connectivity index (χ0n) is 8.39. The molecule has 0 heterocycles. The number of carbonyl (C=O) groups excluding carboxylic acids is 1. The molecule has 1 aromatic carbocycles. The summed E-state index contributed by atoms with van der Waals surface area (Å²) >= 11 is 0. The molecule has 1 amide bonds. The first-order valence-electron chi connectivity index (χ1n) is 4.22. The molecule has 1 aromatic rings. The van der Waals surface area contributed by atoms with E-state index in [1.54, 1.807) is 0 Å². The zero-order valence-corrected chi connectivity index (χ0v) is 8.39. The standard InChI is InChI=1S/C10H11NO4/c1-11(2)9(13)6-4-3-5-7(12)8(6)10(14)15/h3-5,12H,1-2H3,(H,14,15). The van der Waals surface area contributed by atoms with Gasteiger partial charge in [0.05, 0.1) is 5.56 Å². The second-order valence-electron chi connectivity index (χ2n) is 3.20. The lowest BCUT2D eigenvalue weighted by Crippen LogP contribution is -2.24. The Morgan fingerprint density at radius 2 is 1.87 bits per heavy atom. The van der Waals surface area contributed by atoms with Gasteiger partial charge in [0.1, 0.15) is 11.3 Å². The van der Waals surface area contributed by atoms with Crippen LogP contribution in [0.15, 0.2) is 18.2 Å². The number of carboxylic acids is 1. The Morgan fingerprint density at radius 1 is 1.27 bits per heavy atom. The Hall–Kier alpha value is -2.04. The van der Waals surface area contributed by atoms with Gasteiger partial charge in [-0.2, -0.15) is 0 Å². The Bertz CT molecular complexity index is 412. The second-order valence-corrected chi connectivity index (χ2v) is 3.20. The predicted octanol–water partition coefficient (Wildman–Crippen LogP) is 0.792. The van der Waals surface area contributed by atoms with Crippen LogP contribution in [0.2, 0.25) is 0 Å². The van der Waals surface area contributed by atoms with Gasteiger partial charge in [-0.05, 0) is 12.1 Å². The summed E-state index contributed by atoms with van der Waals surface area (Å²) in [6.07, 6.45) is 0. The fourth-order valence-corrected chi connectivity index (χ4v) is 1.18. The molecule has 1 rings (SSSR count). The quantitative estimate of drug-likeness (QED) is 0.754. The highest BCUT2D eigenvalue weighted by atomic mass is 16.4. The van der Waals surface area contributed by atoms with Crippen molar-refractivity contribution in [1.29, 1.82) is 0 Å². The van der Waals surface area contributed by atoms with Crippen LogP contribution in [0.3, 0.4) is 0 Å². The average Bonchev–Trinajstić information content (AvgIpc) is 2.15. The normalized spacial score (nSPS) is 9.73. The number of amides is 1. The van der Waals surface area contributed by atoms with Crippen LogP contribution in [0, 0.1) is 0 Å². The molecule has 0 fully saturated rings. The molecule has 0 aromatic heterocycles. The van der Waals surface area contributed by atoms with Crippen LogP contribution >= 0.6 is 0 Å². The zero-order chi connectivity index (χ0) is 11.6. The Labute approximate surface area is 86.6 Å². The maximum absolute atomic E-state index is 11.6. The van der Waals surface area contributed by atoms with Gasteiger partial charge in [0.2, 0.25) is 0 Å². The van der Waals surface area contributed by atoms with E-state index in [1.165, 1.54) is 37.2 Å². The highest BCUT2D eigenvalue weighted by molar-refractivity contribution is 6.06. The van der Waals surface area contributed by atoms with E-state index in [2.05, 4.69) is 0 Å². The van der Waals surface area contributed by atoms with E-state index in [4.69, 9.17) is 5.11 Å². The number of hydrogen-bond acceptors (Lipinski definition) is 3. The van der Waals surface area contributed by atoms with Crippen molar-refractivity contribution in [2.24, 2.45) is 0 Å². The number of nitrogens with zero attached hydrogens (tertiary/aromatic N) is 1. The molecule has 2 N–H and O–H groups in total. The van der Waals surface area contributed by atoms with E-state index in [1.807, 2.05) is 0 Å². The number of benzene rings is 1. The van der Waals surface area contributed by atoms with E-state index < -0.39 is 17.6 Å². The lowest BCUT2D eigenvalue weighted by molar-refractivity contribution is 0.0681. The van der Waals surface area contributed by atoms with E-state index >= 15 is 0 Å². The highest BCUT2D eigenvalue weighted by Gasteiger charge is 2.20. The third-order valence-corrected chi connectivity index (χ3v) is 1.89. The molecular formula is C10H11NO4. The van der Waals surface area contributed by atoms with Crippen molar-refractivity contribution in [3.8, 4) is 5.75 Å². The van der Waals surface area contributed by atoms with Gasteiger partial charge in [-0.3, -0.25) is 4.79 Å². The van der Waals surface area contributed by atoms with Gasteiger partial charge in [-0.25, -0.2) is 4.79 Å². The molecule has 5 heteroatoms. The third-order valence-electron chi connectivity index (χ3n) is 1.89. The Morgan fingerprint density at radius 3 is 2.33 bits per heavy atom. The molecule has 0 aliphatic rings. The Balaban J connectivity index is 3.35. The minimum absolute atomic E-state index is 0.0208. The molecule has 0 unspecified atom stereocenters. The van der Waals surface area contributed by atoms with E-state index in [0.717, 1.165) is 0 Å². The first-order chi connectivity index (χ1) is 6.95. The number of hydrogen-bond donors (Lipinski definition) is 2.